The Hall–Kier alpha value is -1.70. The van der Waals surface area contributed by atoms with Crippen LogP contribution in [0.3, 0.4) is 0 Å². The molecule has 0 bridgehead atoms. The zero-order valence-corrected chi connectivity index (χ0v) is 13.5. The number of aromatic nitrogens is 2. The van der Waals surface area contributed by atoms with Crippen molar-refractivity contribution in [3.05, 3.63) is 47.9 Å². The van der Waals surface area contributed by atoms with E-state index in [0.717, 1.165) is 5.56 Å². The van der Waals surface area contributed by atoms with Gasteiger partial charge in [-0.15, -0.1) is 0 Å². The van der Waals surface area contributed by atoms with Gasteiger partial charge in [0.2, 0.25) is 0 Å². The Labute approximate surface area is 130 Å². The number of aliphatic hydroxyl groups is 1. The summed E-state index contributed by atoms with van der Waals surface area (Å²) < 4.78 is 26.7. The monoisotopic (exact) mass is 323 g/mol. The summed E-state index contributed by atoms with van der Waals surface area (Å²) in [6.45, 7) is 4.01. The summed E-state index contributed by atoms with van der Waals surface area (Å²) in [4.78, 5) is 6.85. The molecule has 0 radical (unpaired) electrons. The average Bonchev–Trinajstić information content (AvgIpc) is 2.99. The summed E-state index contributed by atoms with van der Waals surface area (Å²) in [5.74, 6) is 0.758. The summed E-state index contributed by atoms with van der Waals surface area (Å²) >= 11 is 0. The molecule has 7 heteroatoms. The topological polar surface area (TPSA) is 95.1 Å². The molecule has 0 saturated heterocycles. The van der Waals surface area contributed by atoms with Gasteiger partial charge in [0.1, 0.15) is 5.82 Å². The van der Waals surface area contributed by atoms with Crippen LogP contribution in [0.1, 0.15) is 43.7 Å². The molecule has 1 heterocycles. The lowest BCUT2D eigenvalue weighted by molar-refractivity contribution is 0.169. The minimum atomic E-state index is -3.63. The number of aromatic amines is 1. The maximum Gasteiger partial charge on any atom is 0.257 e. The highest BCUT2D eigenvalue weighted by atomic mass is 32.2. The molecule has 1 aromatic heterocycles. The zero-order chi connectivity index (χ0) is 16.2. The third-order valence-electron chi connectivity index (χ3n) is 3.30. The van der Waals surface area contributed by atoms with Gasteiger partial charge in [0, 0.05) is 12.5 Å². The standard InChI is InChI=1S/C15H21N3O3S/c1-11(2)15-16-10-14(18-15)22(20,21)17-9-8-13(19)12-6-4-3-5-7-12/h3-7,10-11,13,17,19H,8-9H2,1-2H3,(H,16,18). The maximum absolute atomic E-state index is 12.1. The van der Waals surface area contributed by atoms with Gasteiger partial charge in [-0.05, 0) is 12.0 Å². The van der Waals surface area contributed by atoms with E-state index in [4.69, 9.17) is 0 Å². The van der Waals surface area contributed by atoms with E-state index in [0.29, 0.717) is 12.2 Å². The number of hydrogen-bond acceptors (Lipinski definition) is 4. The van der Waals surface area contributed by atoms with Crippen LogP contribution in [0, 0.1) is 0 Å². The molecule has 6 nitrogen and oxygen atoms in total. The first-order valence-electron chi connectivity index (χ1n) is 7.17. The van der Waals surface area contributed by atoms with Gasteiger partial charge in [0.25, 0.3) is 10.0 Å². The molecular formula is C15H21N3O3S. The first kappa shape index (κ1) is 16.7. The second-order valence-electron chi connectivity index (χ2n) is 5.40. The van der Waals surface area contributed by atoms with Crippen molar-refractivity contribution in [2.45, 2.75) is 37.3 Å². The zero-order valence-electron chi connectivity index (χ0n) is 12.7. The van der Waals surface area contributed by atoms with Crippen molar-refractivity contribution in [1.29, 1.82) is 0 Å². The minimum absolute atomic E-state index is 0.0467. The normalized spacial score (nSPS) is 13.5. The Kier molecular flexibility index (Phi) is 5.33. The van der Waals surface area contributed by atoms with E-state index in [9.17, 15) is 13.5 Å². The molecular weight excluding hydrogens is 302 g/mol. The molecule has 0 spiro atoms. The number of hydrogen-bond donors (Lipinski definition) is 3. The van der Waals surface area contributed by atoms with Crippen molar-refractivity contribution in [3.8, 4) is 0 Å². The van der Waals surface area contributed by atoms with E-state index in [-0.39, 0.29) is 17.5 Å². The fraction of sp³-hybridized carbons (Fsp3) is 0.400. The molecule has 1 aromatic carbocycles. The maximum atomic E-state index is 12.1. The number of rotatable bonds is 7. The number of sulfonamides is 1. The first-order chi connectivity index (χ1) is 10.4. The van der Waals surface area contributed by atoms with E-state index in [2.05, 4.69) is 14.7 Å². The summed E-state index contributed by atoms with van der Waals surface area (Å²) in [6, 6.07) is 9.15. The quantitative estimate of drug-likeness (QED) is 0.725. The van der Waals surface area contributed by atoms with Gasteiger partial charge < -0.3 is 10.1 Å². The predicted octanol–water partition coefficient (Wildman–Crippen LogP) is 1.94. The third-order valence-corrected chi connectivity index (χ3v) is 4.67. The molecule has 2 aromatic rings. The molecule has 1 atom stereocenters. The largest absolute Gasteiger partial charge is 0.388 e. The van der Waals surface area contributed by atoms with Crippen LogP contribution in [-0.4, -0.2) is 30.0 Å². The van der Waals surface area contributed by atoms with Crippen molar-refractivity contribution in [2.75, 3.05) is 6.54 Å². The number of benzene rings is 1. The molecule has 0 fully saturated rings. The van der Waals surface area contributed by atoms with Gasteiger partial charge in [-0.25, -0.2) is 18.1 Å². The number of nitrogens with one attached hydrogen (secondary N) is 2. The third kappa shape index (κ3) is 4.16. The lowest BCUT2D eigenvalue weighted by Gasteiger charge is -2.11. The number of aliphatic hydroxyl groups excluding tert-OH is 1. The molecule has 0 aliphatic rings. The lowest BCUT2D eigenvalue weighted by Crippen LogP contribution is -2.26. The van der Waals surface area contributed by atoms with Crippen LogP contribution >= 0.6 is 0 Å². The van der Waals surface area contributed by atoms with Crippen molar-refractivity contribution >= 4 is 10.0 Å². The Morgan fingerprint density at radius 1 is 1.27 bits per heavy atom. The van der Waals surface area contributed by atoms with Gasteiger partial charge in [-0.2, -0.15) is 0 Å². The van der Waals surface area contributed by atoms with Crippen molar-refractivity contribution in [3.63, 3.8) is 0 Å². The molecule has 120 valence electrons. The number of imidazole rings is 1. The van der Waals surface area contributed by atoms with Crippen LogP contribution in [0.5, 0.6) is 0 Å². The molecule has 0 saturated carbocycles. The van der Waals surface area contributed by atoms with E-state index >= 15 is 0 Å². The molecule has 0 amide bonds. The van der Waals surface area contributed by atoms with E-state index < -0.39 is 16.1 Å². The Morgan fingerprint density at radius 2 is 1.95 bits per heavy atom. The summed E-state index contributed by atoms with van der Waals surface area (Å²) in [6.07, 6.45) is 0.914. The van der Waals surface area contributed by atoms with Crippen molar-refractivity contribution in [1.82, 2.24) is 14.7 Å². The molecule has 1 unspecified atom stereocenters. The van der Waals surface area contributed by atoms with Gasteiger partial charge in [-0.3, -0.25) is 0 Å². The molecule has 3 N–H and O–H groups in total. The fourth-order valence-corrected chi connectivity index (χ4v) is 2.97. The van der Waals surface area contributed by atoms with E-state index in [1.165, 1.54) is 6.20 Å². The molecule has 22 heavy (non-hydrogen) atoms. The van der Waals surface area contributed by atoms with Crippen LogP contribution in [0.2, 0.25) is 0 Å². The van der Waals surface area contributed by atoms with Crippen LogP contribution in [0.25, 0.3) is 0 Å². The summed E-state index contributed by atoms with van der Waals surface area (Å²) in [5.41, 5.74) is 0.769. The smallest absolute Gasteiger partial charge is 0.257 e. The summed E-state index contributed by atoms with van der Waals surface area (Å²) in [5, 5.41) is 10.1. The van der Waals surface area contributed by atoms with E-state index in [1.807, 2.05) is 44.2 Å². The molecule has 0 aliphatic carbocycles. The number of nitrogens with zero attached hydrogens (tertiary/aromatic N) is 1. The van der Waals surface area contributed by atoms with Crippen LogP contribution in [0.4, 0.5) is 0 Å². The Balaban J connectivity index is 1.92. The highest BCUT2D eigenvalue weighted by Gasteiger charge is 2.18. The van der Waals surface area contributed by atoms with Crippen molar-refractivity contribution in [2.24, 2.45) is 0 Å². The highest BCUT2D eigenvalue weighted by Crippen LogP contribution is 2.16. The fourth-order valence-electron chi connectivity index (χ4n) is 2.00. The number of H-pyrrole nitrogens is 1. The van der Waals surface area contributed by atoms with Gasteiger partial charge in [0.15, 0.2) is 5.03 Å². The summed E-state index contributed by atoms with van der Waals surface area (Å²) in [7, 11) is -3.63. The van der Waals surface area contributed by atoms with Gasteiger partial charge >= 0.3 is 0 Å². The second kappa shape index (κ2) is 7.04. The minimum Gasteiger partial charge on any atom is -0.388 e. The van der Waals surface area contributed by atoms with Crippen LogP contribution < -0.4 is 4.72 Å². The highest BCUT2D eigenvalue weighted by molar-refractivity contribution is 7.89. The average molecular weight is 323 g/mol. The van der Waals surface area contributed by atoms with Crippen LogP contribution in [-0.2, 0) is 10.0 Å². The van der Waals surface area contributed by atoms with E-state index in [1.54, 1.807) is 0 Å². The van der Waals surface area contributed by atoms with Gasteiger partial charge in [0.05, 0.1) is 12.3 Å². The SMILES string of the molecule is CC(C)c1ncc(S(=O)(=O)NCCC(O)c2ccccc2)[nH]1. The predicted molar refractivity (Wildman–Crippen MR) is 83.9 cm³/mol. The Bertz CT molecular complexity index is 696. The van der Waals surface area contributed by atoms with Crippen molar-refractivity contribution < 1.29 is 13.5 Å². The molecule has 0 aliphatic heterocycles. The lowest BCUT2D eigenvalue weighted by atomic mass is 10.1. The molecule has 2 rings (SSSR count). The van der Waals surface area contributed by atoms with Gasteiger partial charge in [-0.1, -0.05) is 44.2 Å². The second-order valence-corrected chi connectivity index (χ2v) is 7.14. The van der Waals surface area contributed by atoms with Crippen LogP contribution in [0.15, 0.2) is 41.6 Å². The first-order valence-corrected chi connectivity index (χ1v) is 8.66. The Morgan fingerprint density at radius 3 is 2.55 bits per heavy atom.